The van der Waals surface area contributed by atoms with Crippen molar-refractivity contribution in [2.45, 2.75) is 44.8 Å². The van der Waals surface area contributed by atoms with Gasteiger partial charge in [0.1, 0.15) is 17.1 Å². The molecular formula is C19H24F3N7O. The van der Waals surface area contributed by atoms with Crippen molar-refractivity contribution in [3.63, 3.8) is 0 Å². The predicted octanol–water partition coefficient (Wildman–Crippen LogP) is 2.78. The maximum atomic E-state index is 13.3. The number of nitrogens with zero attached hydrogens (tertiary/aromatic N) is 4. The first kappa shape index (κ1) is 21.8. The van der Waals surface area contributed by atoms with E-state index in [2.05, 4.69) is 20.3 Å². The van der Waals surface area contributed by atoms with Crippen LogP contribution in [0, 0.1) is 0 Å². The van der Waals surface area contributed by atoms with E-state index >= 15 is 0 Å². The summed E-state index contributed by atoms with van der Waals surface area (Å²) in [7, 11) is 0. The molecule has 3 rings (SSSR count). The molecule has 0 aromatic carbocycles. The largest absolute Gasteiger partial charge is 0.433 e. The third-order valence-corrected chi connectivity index (χ3v) is 4.77. The second-order valence-electron chi connectivity index (χ2n) is 7.59. The summed E-state index contributed by atoms with van der Waals surface area (Å²) in [5, 5.41) is 2.80. The van der Waals surface area contributed by atoms with Crippen molar-refractivity contribution in [3.05, 3.63) is 35.3 Å². The molecule has 2 aromatic heterocycles. The van der Waals surface area contributed by atoms with Gasteiger partial charge in [-0.3, -0.25) is 4.79 Å². The van der Waals surface area contributed by atoms with E-state index in [1.807, 2.05) is 4.90 Å². The standard InChI is InChI=1S/C19H24F3N7O/c1-10(2)14-6-12(7-15(27-14)19(20,21)22)26-17-13(16(24)30)8-25-18(28-17)29-5-3-4-11(23)9-29/h6-8,10-11H,3-5,9,23H2,1-2H3,(H2,24,30)(H,25,26,27,28)/t11-/m0/s1. The lowest BCUT2D eigenvalue weighted by Gasteiger charge is -2.31. The fourth-order valence-electron chi connectivity index (χ4n) is 3.19. The van der Waals surface area contributed by atoms with Gasteiger partial charge in [0.05, 0.1) is 0 Å². The Morgan fingerprint density at radius 1 is 1.30 bits per heavy atom. The van der Waals surface area contributed by atoms with Crippen molar-refractivity contribution in [1.29, 1.82) is 0 Å². The number of alkyl halides is 3. The average Bonchev–Trinajstić information content (AvgIpc) is 2.66. The molecule has 0 aliphatic carbocycles. The Hall–Kier alpha value is -2.95. The summed E-state index contributed by atoms with van der Waals surface area (Å²) in [5.74, 6) is -0.680. The van der Waals surface area contributed by atoms with Gasteiger partial charge in [-0.25, -0.2) is 9.97 Å². The summed E-state index contributed by atoms with van der Waals surface area (Å²) in [6.07, 6.45) is -1.60. The van der Waals surface area contributed by atoms with Gasteiger partial charge in [-0.2, -0.15) is 18.2 Å². The minimum Gasteiger partial charge on any atom is -0.365 e. The van der Waals surface area contributed by atoms with Crippen LogP contribution in [-0.2, 0) is 6.18 Å². The van der Waals surface area contributed by atoms with Gasteiger partial charge in [-0.05, 0) is 30.9 Å². The fourth-order valence-corrected chi connectivity index (χ4v) is 3.19. The monoisotopic (exact) mass is 423 g/mol. The van der Waals surface area contributed by atoms with Crippen LogP contribution in [0.25, 0.3) is 0 Å². The minimum atomic E-state index is -4.62. The SMILES string of the molecule is CC(C)c1cc(Nc2nc(N3CCC[C@H](N)C3)ncc2C(N)=O)cc(C(F)(F)F)n1. The number of amides is 1. The predicted molar refractivity (Wildman–Crippen MR) is 107 cm³/mol. The number of hydrogen-bond donors (Lipinski definition) is 3. The van der Waals surface area contributed by atoms with E-state index in [9.17, 15) is 18.0 Å². The number of carbonyl (C=O) groups excluding carboxylic acids is 1. The number of aromatic nitrogens is 3. The third-order valence-electron chi connectivity index (χ3n) is 4.77. The maximum absolute atomic E-state index is 13.3. The van der Waals surface area contributed by atoms with Crippen LogP contribution < -0.4 is 21.7 Å². The first-order valence-corrected chi connectivity index (χ1v) is 9.58. The lowest BCUT2D eigenvalue weighted by atomic mass is 10.1. The molecule has 0 unspecified atom stereocenters. The Balaban J connectivity index is 2.01. The van der Waals surface area contributed by atoms with Gasteiger partial charge in [-0.1, -0.05) is 13.8 Å². The second kappa shape index (κ2) is 8.42. The molecule has 0 saturated carbocycles. The highest BCUT2D eigenvalue weighted by molar-refractivity contribution is 5.98. The molecule has 2 aromatic rings. The highest BCUT2D eigenvalue weighted by atomic mass is 19.4. The minimum absolute atomic E-state index is 0.0284. The number of rotatable bonds is 5. The van der Waals surface area contributed by atoms with Crippen LogP contribution in [0.1, 0.15) is 54.4 Å². The molecule has 1 saturated heterocycles. The van der Waals surface area contributed by atoms with Crippen molar-refractivity contribution < 1.29 is 18.0 Å². The Morgan fingerprint density at radius 3 is 2.63 bits per heavy atom. The van der Waals surface area contributed by atoms with E-state index in [1.165, 1.54) is 12.3 Å². The van der Waals surface area contributed by atoms with Crippen LogP contribution in [0.2, 0.25) is 0 Å². The molecule has 162 valence electrons. The smallest absolute Gasteiger partial charge is 0.365 e. The van der Waals surface area contributed by atoms with E-state index in [0.717, 1.165) is 18.9 Å². The molecule has 1 aliphatic heterocycles. The number of pyridine rings is 1. The van der Waals surface area contributed by atoms with Gasteiger partial charge in [0.25, 0.3) is 5.91 Å². The summed E-state index contributed by atoms with van der Waals surface area (Å²) < 4.78 is 39.9. The van der Waals surface area contributed by atoms with E-state index < -0.39 is 17.8 Å². The van der Waals surface area contributed by atoms with Gasteiger partial charge in [-0.15, -0.1) is 0 Å². The summed E-state index contributed by atoms with van der Waals surface area (Å²) in [6.45, 7) is 4.71. The molecule has 0 spiro atoms. The summed E-state index contributed by atoms with van der Waals surface area (Å²) >= 11 is 0. The van der Waals surface area contributed by atoms with E-state index in [0.29, 0.717) is 19.0 Å². The zero-order valence-corrected chi connectivity index (χ0v) is 16.7. The van der Waals surface area contributed by atoms with Gasteiger partial charge >= 0.3 is 6.18 Å². The van der Waals surface area contributed by atoms with Crippen molar-refractivity contribution in [2.75, 3.05) is 23.3 Å². The molecule has 5 N–H and O–H groups in total. The average molecular weight is 423 g/mol. The normalized spacial score (nSPS) is 17.3. The lowest BCUT2D eigenvalue weighted by Crippen LogP contribution is -2.43. The van der Waals surface area contributed by atoms with Gasteiger partial charge < -0.3 is 21.7 Å². The summed E-state index contributed by atoms with van der Waals surface area (Å²) in [5.41, 5.74) is 10.7. The molecule has 8 nitrogen and oxygen atoms in total. The molecule has 0 bridgehead atoms. The number of halogens is 3. The molecule has 1 atom stereocenters. The number of hydrogen-bond acceptors (Lipinski definition) is 7. The van der Waals surface area contributed by atoms with Gasteiger partial charge in [0, 0.05) is 36.7 Å². The third kappa shape index (κ3) is 4.96. The quantitative estimate of drug-likeness (QED) is 0.676. The van der Waals surface area contributed by atoms with Crippen molar-refractivity contribution in [2.24, 2.45) is 11.5 Å². The summed E-state index contributed by atoms with van der Waals surface area (Å²) in [6, 6.07) is 2.33. The Morgan fingerprint density at radius 2 is 2.03 bits per heavy atom. The zero-order valence-electron chi connectivity index (χ0n) is 16.7. The van der Waals surface area contributed by atoms with Crippen LogP contribution in [0.5, 0.6) is 0 Å². The topological polar surface area (TPSA) is 123 Å². The van der Waals surface area contributed by atoms with Crippen LogP contribution in [0.4, 0.5) is 30.6 Å². The fraction of sp³-hybridized carbons (Fsp3) is 0.474. The number of carbonyl (C=O) groups is 1. The number of nitrogens with two attached hydrogens (primary N) is 2. The molecular weight excluding hydrogens is 399 g/mol. The lowest BCUT2D eigenvalue weighted by molar-refractivity contribution is -0.141. The van der Waals surface area contributed by atoms with Crippen molar-refractivity contribution in [1.82, 2.24) is 15.0 Å². The Kier molecular flexibility index (Phi) is 6.11. The van der Waals surface area contributed by atoms with Crippen molar-refractivity contribution >= 4 is 23.4 Å². The van der Waals surface area contributed by atoms with Crippen LogP contribution in [0.15, 0.2) is 18.3 Å². The molecule has 1 fully saturated rings. The van der Waals surface area contributed by atoms with Crippen LogP contribution >= 0.6 is 0 Å². The number of nitrogens with one attached hydrogen (secondary N) is 1. The van der Waals surface area contributed by atoms with E-state index in [4.69, 9.17) is 11.5 Å². The molecule has 3 heterocycles. The molecule has 0 radical (unpaired) electrons. The maximum Gasteiger partial charge on any atom is 0.433 e. The first-order valence-electron chi connectivity index (χ1n) is 9.58. The molecule has 30 heavy (non-hydrogen) atoms. The van der Waals surface area contributed by atoms with E-state index in [1.54, 1.807) is 13.8 Å². The zero-order chi connectivity index (χ0) is 22.1. The van der Waals surface area contributed by atoms with Gasteiger partial charge in [0.2, 0.25) is 5.95 Å². The number of piperidine rings is 1. The highest BCUT2D eigenvalue weighted by Gasteiger charge is 2.33. The van der Waals surface area contributed by atoms with Gasteiger partial charge in [0.15, 0.2) is 0 Å². The second-order valence-corrected chi connectivity index (χ2v) is 7.59. The van der Waals surface area contributed by atoms with Crippen LogP contribution in [0.3, 0.4) is 0 Å². The number of primary amides is 1. The molecule has 1 aliphatic rings. The molecule has 11 heteroatoms. The Bertz CT molecular complexity index is 933. The molecule has 1 amide bonds. The highest BCUT2D eigenvalue weighted by Crippen LogP contribution is 2.32. The van der Waals surface area contributed by atoms with E-state index in [-0.39, 0.29) is 34.7 Å². The first-order chi connectivity index (χ1) is 14.0. The summed E-state index contributed by atoms with van der Waals surface area (Å²) in [4.78, 5) is 25.9. The Labute approximate surface area is 171 Å². The van der Waals surface area contributed by atoms with Crippen LogP contribution in [-0.4, -0.2) is 40.0 Å². The number of anilines is 3. The van der Waals surface area contributed by atoms with Crippen molar-refractivity contribution in [3.8, 4) is 0 Å².